The minimum absolute atomic E-state index is 0.0900. The normalized spacial score (nSPS) is 16.0. The highest BCUT2D eigenvalue weighted by molar-refractivity contribution is 6.30. The summed E-state index contributed by atoms with van der Waals surface area (Å²) >= 11 is 5.97. The molecule has 1 aliphatic heterocycles. The van der Waals surface area contributed by atoms with Gasteiger partial charge in [0.25, 0.3) is 0 Å². The smallest absolute Gasteiger partial charge is 0.354 e. The lowest BCUT2D eigenvalue weighted by molar-refractivity contribution is -0.141. The summed E-state index contributed by atoms with van der Waals surface area (Å²) in [6, 6.07) is 11.7. The lowest BCUT2D eigenvalue weighted by Crippen LogP contribution is -2.39. The van der Waals surface area contributed by atoms with Gasteiger partial charge in [0.2, 0.25) is 0 Å². The first kappa shape index (κ1) is 22.8. The first-order valence-electron chi connectivity index (χ1n) is 9.97. The summed E-state index contributed by atoms with van der Waals surface area (Å²) in [5.41, 5.74) is -0.282. The van der Waals surface area contributed by atoms with E-state index in [1.807, 2.05) is 0 Å². The number of hydrogen-bond donors (Lipinski definition) is 2. The summed E-state index contributed by atoms with van der Waals surface area (Å²) in [6.07, 6.45) is -4.15. The molecule has 1 aliphatic rings. The van der Waals surface area contributed by atoms with Gasteiger partial charge in [-0.05, 0) is 42.8 Å². The predicted molar refractivity (Wildman–Crippen MR) is 117 cm³/mol. The van der Waals surface area contributed by atoms with Gasteiger partial charge >= 0.3 is 12.2 Å². The molecule has 0 aliphatic carbocycles. The van der Waals surface area contributed by atoms with Crippen molar-refractivity contribution in [2.24, 2.45) is 0 Å². The Labute approximate surface area is 191 Å². The summed E-state index contributed by atoms with van der Waals surface area (Å²) in [4.78, 5) is 21.9. The third-order valence-corrected chi connectivity index (χ3v) is 5.27. The van der Waals surface area contributed by atoms with Crippen LogP contribution in [-0.2, 0) is 6.18 Å². The lowest BCUT2D eigenvalue weighted by Gasteiger charge is -2.20. The van der Waals surface area contributed by atoms with E-state index >= 15 is 0 Å². The molecule has 2 N–H and O–H groups in total. The van der Waals surface area contributed by atoms with Crippen LogP contribution in [0.2, 0.25) is 5.02 Å². The third kappa shape index (κ3) is 5.70. The van der Waals surface area contributed by atoms with E-state index in [1.165, 1.54) is 30.3 Å². The fourth-order valence-electron chi connectivity index (χ4n) is 3.47. The van der Waals surface area contributed by atoms with Crippen LogP contribution in [-0.4, -0.2) is 35.1 Å². The molecule has 6 nitrogen and oxygen atoms in total. The lowest BCUT2D eigenvalue weighted by atomic mass is 10.2. The molecule has 0 saturated carbocycles. The molecule has 1 unspecified atom stereocenters. The fourth-order valence-corrected chi connectivity index (χ4v) is 3.66. The van der Waals surface area contributed by atoms with Crippen LogP contribution in [0, 0.1) is 5.82 Å². The van der Waals surface area contributed by atoms with Gasteiger partial charge < -0.3 is 15.5 Å². The van der Waals surface area contributed by atoms with Gasteiger partial charge in [0, 0.05) is 41.5 Å². The molecule has 1 aromatic heterocycles. The highest BCUT2D eigenvalue weighted by Crippen LogP contribution is 2.33. The van der Waals surface area contributed by atoms with Gasteiger partial charge in [-0.1, -0.05) is 23.7 Å². The van der Waals surface area contributed by atoms with Crippen molar-refractivity contribution in [2.75, 3.05) is 23.3 Å². The topological polar surface area (TPSA) is 70.2 Å². The number of urea groups is 1. The standard InChI is InChI=1S/C22H18ClF4N5O/c23-14-3-1-2-13(10-14)20-30-18(22(25,26)27)11-19(31-20)32-9-8-17(12-32)29-21(33)28-16-6-4-15(24)5-7-16/h1-7,10-11,17H,8-9,12H2,(H2,28,29,33). The average Bonchev–Trinajstić information content (AvgIpc) is 3.23. The zero-order valence-electron chi connectivity index (χ0n) is 17.0. The number of nitrogens with zero attached hydrogens (tertiary/aromatic N) is 3. The van der Waals surface area contributed by atoms with Crippen LogP contribution in [0.3, 0.4) is 0 Å². The van der Waals surface area contributed by atoms with Gasteiger partial charge in [0.05, 0.1) is 0 Å². The quantitative estimate of drug-likeness (QED) is 0.495. The molecule has 0 radical (unpaired) electrons. The van der Waals surface area contributed by atoms with Crippen LogP contribution in [0.15, 0.2) is 54.6 Å². The number of benzene rings is 2. The molecule has 33 heavy (non-hydrogen) atoms. The van der Waals surface area contributed by atoms with Crippen molar-refractivity contribution >= 4 is 29.1 Å². The number of anilines is 2. The number of amides is 2. The van der Waals surface area contributed by atoms with Crippen LogP contribution in [0.25, 0.3) is 11.4 Å². The number of alkyl halides is 3. The Morgan fingerprint density at radius 2 is 1.85 bits per heavy atom. The molecule has 2 amide bonds. The number of aromatic nitrogens is 2. The Morgan fingerprint density at radius 1 is 1.09 bits per heavy atom. The summed E-state index contributed by atoms with van der Waals surface area (Å²) in [5, 5.41) is 5.72. The number of carbonyl (C=O) groups is 1. The van der Waals surface area contributed by atoms with Crippen molar-refractivity contribution in [3.05, 3.63) is 71.1 Å². The number of hydrogen-bond acceptors (Lipinski definition) is 4. The first-order valence-corrected chi connectivity index (χ1v) is 10.4. The number of carbonyl (C=O) groups excluding carboxylic acids is 1. The fraction of sp³-hybridized carbons (Fsp3) is 0.227. The molecule has 11 heteroatoms. The maximum absolute atomic E-state index is 13.5. The SMILES string of the molecule is O=C(Nc1ccc(F)cc1)NC1CCN(c2cc(C(F)(F)F)nc(-c3cccc(Cl)c3)n2)C1. The molecule has 1 atom stereocenters. The Morgan fingerprint density at radius 3 is 2.55 bits per heavy atom. The maximum Gasteiger partial charge on any atom is 0.433 e. The van der Waals surface area contributed by atoms with Gasteiger partial charge in [-0.2, -0.15) is 13.2 Å². The van der Waals surface area contributed by atoms with Gasteiger partial charge in [0.15, 0.2) is 11.5 Å². The van der Waals surface area contributed by atoms with E-state index in [0.717, 1.165) is 6.07 Å². The van der Waals surface area contributed by atoms with Crippen molar-refractivity contribution in [3.63, 3.8) is 0 Å². The molecule has 2 heterocycles. The Bertz CT molecular complexity index is 1160. The van der Waals surface area contributed by atoms with Crippen molar-refractivity contribution < 1.29 is 22.4 Å². The van der Waals surface area contributed by atoms with Gasteiger partial charge in [-0.25, -0.2) is 19.2 Å². The van der Waals surface area contributed by atoms with Crippen LogP contribution in [0.4, 0.5) is 33.9 Å². The summed E-state index contributed by atoms with van der Waals surface area (Å²) < 4.78 is 53.5. The molecule has 3 aromatic rings. The molecule has 0 spiro atoms. The number of halogens is 5. The minimum Gasteiger partial charge on any atom is -0.354 e. The highest BCUT2D eigenvalue weighted by atomic mass is 35.5. The molecule has 4 rings (SSSR count). The number of nitrogens with one attached hydrogen (secondary N) is 2. The zero-order valence-corrected chi connectivity index (χ0v) is 17.8. The second-order valence-electron chi connectivity index (χ2n) is 7.48. The summed E-state index contributed by atoms with van der Waals surface area (Å²) in [5.74, 6) is -0.407. The van der Waals surface area contributed by atoms with E-state index in [2.05, 4.69) is 20.6 Å². The average molecular weight is 480 g/mol. The molecular weight excluding hydrogens is 462 g/mol. The highest BCUT2D eigenvalue weighted by Gasteiger charge is 2.35. The van der Waals surface area contributed by atoms with Crippen LogP contribution in [0.5, 0.6) is 0 Å². The van der Waals surface area contributed by atoms with E-state index in [-0.39, 0.29) is 24.2 Å². The summed E-state index contributed by atoms with van der Waals surface area (Å²) in [7, 11) is 0. The van der Waals surface area contributed by atoms with E-state index in [1.54, 1.807) is 23.1 Å². The van der Waals surface area contributed by atoms with E-state index in [9.17, 15) is 22.4 Å². The van der Waals surface area contributed by atoms with E-state index in [0.29, 0.717) is 29.2 Å². The second kappa shape index (κ2) is 9.22. The zero-order chi connectivity index (χ0) is 23.6. The maximum atomic E-state index is 13.5. The van der Waals surface area contributed by atoms with Crippen molar-refractivity contribution in [1.29, 1.82) is 0 Å². The van der Waals surface area contributed by atoms with Crippen LogP contribution < -0.4 is 15.5 Å². The third-order valence-electron chi connectivity index (χ3n) is 5.04. The monoisotopic (exact) mass is 479 g/mol. The minimum atomic E-state index is -4.66. The van der Waals surface area contributed by atoms with Gasteiger partial charge in [-0.3, -0.25) is 0 Å². The largest absolute Gasteiger partial charge is 0.433 e. The Balaban J connectivity index is 1.50. The Hall–Kier alpha value is -3.40. The summed E-state index contributed by atoms with van der Waals surface area (Å²) in [6.45, 7) is 0.658. The van der Waals surface area contributed by atoms with Crippen LogP contribution >= 0.6 is 11.6 Å². The van der Waals surface area contributed by atoms with Crippen LogP contribution in [0.1, 0.15) is 12.1 Å². The van der Waals surface area contributed by atoms with Gasteiger partial charge in [0.1, 0.15) is 11.6 Å². The molecule has 172 valence electrons. The number of rotatable bonds is 4. The Kier molecular flexibility index (Phi) is 6.37. The molecule has 2 aromatic carbocycles. The molecular formula is C22H18ClF4N5O. The van der Waals surface area contributed by atoms with Crippen molar-refractivity contribution in [1.82, 2.24) is 15.3 Å². The van der Waals surface area contributed by atoms with E-state index < -0.39 is 23.7 Å². The van der Waals surface area contributed by atoms with Crippen molar-refractivity contribution in [3.8, 4) is 11.4 Å². The molecule has 1 fully saturated rings. The first-order chi connectivity index (χ1) is 15.7. The molecule has 0 bridgehead atoms. The molecule has 1 saturated heterocycles. The van der Waals surface area contributed by atoms with Gasteiger partial charge in [-0.15, -0.1) is 0 Å². The van der Waals surface area contributed by atoms with Crippen molar-refractivity contribution in [2.45, 2.75) is 18.6 Å². The predicted octanol–water partition coefficient (Wildman–Crippen LogP) is 5.36. The second-order valence-corrected chi connectivity index (χ2v) is 7.92. The van der Waals surface area contributed by atoms with E-state index in [4.69, 9.17) is 11.6 Å².